The standard InChI is InChI=1S/C30H48O3/c1-25(2)16-17-26(3)19(18-25)10-14-28(5)20(26)8-9-21-27(4)13-12-23(31)30(7,24(32)33)22(27)11-15-29(21,28)6/h10,20-23,31H,8-9,11-18H2,1-7H3,(H,32,33)/t20-,21-,22-,23-,26+,27-,28-,29-,30-/m1/s1. The molecule has 5 rings (SSSR count). The van der Waals surface area contributed by atoms with Gasteiger partial charge in [-0.1, -0.05) is 53.2 Å². The van der Waals surface area contributed by atoms with Crippen molar-refractivity contribution in [2.24, 2.45) is 50.2 Å². The highest BCUT2D eigenvalue weighted by Crippen LogP contribution is 2.76. The van der Waals surface area contributed by atoms with Gasteiger partial charge >= 0.3 is 5.97 Å². The Kier molecular flexibility index (Phi) is 4.99. The maximum Gasteiger partial charge on any atom is 0.312 e. The molecule has 3 heteroatoms. The third-order valence-corrected chi connectivity index (χ3v) is 13.2. The Morgan fingerprint density at radius 3 is 2.15 bits per heavy atom. The van der Waals surface area contributed by atoms with Crippen molar-refractivity contribution in [2.75, 3.05) is 0 Å². The van der Waals surface area contributed by atoms with Crippen LogP contribution in [0.3, 0.4) is 0 Å². The van der Waals surface area contributed by atoms with Crippen molar-refractivity contribution < 1.29 is 15.0 Å². The van der Waals surface area contributed by atoms with Gasteiger partial charge in [-0.25, -0.2) is 0 Å². The van der Waals surface area contributed by atoms with Gasteiger partial charge in [0.1, 0.15) is 0 Å². The largest absolute Gasteiger partial charge is 0.481 e. The second-order valence-electron chi connectivity index (χ2n) is 14.9. The van der Waals surface area contributed by atoms with Crippen LogP contribution >= 0.6 is 0 Å². The lowest BCUT2D eigenvalue weighted by atomic mass is 9.32. The Bertz CT molecular complexity index is 889. The van der Waals surface area contributed by atoms with E-state index in [0.29, 0.717) is 23.2 Å². The summed E-state index contributed by atoms with van der Waals surface area (Å²) in [6.45, 7) is 16.9. The number of aliphatic carboxylic acids is 1. The minimum absolute atomic E-state index is 0.00714. The summed E-state index contributed by atoms with van der Waals surface area (Å²) in [6.07, 6.45) is 13.1. The molecule has 0 unspecified atom stereocenters. The van der Waals surface area contributed by atoms with E-state index in [9.17, 15) is 15.0 Å². The van der Waals surface area contributed by atoms with E-state index < -0.39 is 17.5 Å². The van der Waals surface area contributed by atoms with Crippen LogP contribution in [0.25, 0.3) is 0 Å². The lowest BCUT2D eigenvalue weighted by molar-refractivity contribution is -0.242. The van der Waals surface area contributed by atoms with Gasteiger partial charge in [-0.15, -0.1) is 0 Å². The summed E-state index contributed by atoms with van der Waals surface area (Å²) >= 11 is 0. The van der Waals surface area contributed by atoms with E-state index in [2.05, 4.69) is 47.6 Å². The van der Waals surface area contributed by atoms with Crippen molar-refractivity contribution in [3.05, 3.63) is 11.6 Å². The molecular formula is C30H48O3. The molecule has 0 amide bonds. The maximum absolute atomic E-state index is 12.5. The monoisotopic (exact) mass is 456 g/mol. The summed E-state index contributed by atoms with van der Waals surface area (Å²) in [5.41, 5.74) is 1.95. The number of hydrogen-bond donors (Lipinski definition) is 2. The van der Waals surface area contributed by atoms with Crippen LogP contribution < -0.4 is 0 Å². The van der Waals surface area contributed by atoms with Gasteiger partial charge in [0.05, 0.1) is 11.5 Å². The predicted octanol–water partition coefficient (Wildman–Crippen LogP) is 7.23. The van der Waals surface area contributed by atoms with Gasteiger partial charge in [-0.05, 0) is 116 Å². The Morgan fingerprint density at radius 2 is 1.48 bits per heavy atom. The van der Waals surface area contributed by atoms with Crippen LogP contribution in [0.4, 0.5) is 0 Å². The molecule has 0 heterocycles. The van der Waals surface area contributed by atoms with E-state index in [-0.39, 0.29) is 22.2 Å². The highest BCUT2D eigenvalue weighted by molar-refractivity contribution is 5.76. The molecule has 5 aliphatic carbocycles. The average Bonchev–Trinajstić information content (AvgIpc) is 2.72. The summed E-state index contributed by atoms with van der Waals surface area (Å²) in [4.78, 5) is 12.5. The molecule has 33 heavy (non-hydrogen) atoms. The van der Waals surface area contributed by atoms with Gasteiger partial charge in [-0.3, -0.25) is 4.79 Å². The van der Waals surface area contributed by atoms with Crippen LogP contribution in [-0.4, -0.2) is 22.3 Å². The summed E-state index contributed by atoms with van der Waals surface area (Å²) in [6, 6.07) is 0. The quantitative estimate of drug-likeness (QED) is 0.409. The molecule has 3 nitrogen and oxygen atoms in total. The number of allylic oxidation sites excluding steroid dienone is 2. The Hall–Kier alpha value is -0.830. The smallest absolute Gasteiger partial charge is 0.312 e. The minimum atomic E-state index is -1.02. The zero-order chi connectivity index (χ0) is 24.2. The van der Waals surface area contributed by atoms with E-state index in [1.807, 2.05) is 6.92 Å². The van der Waals surface area contributed by atoms with E-state index in [4.69, 9.17) is 0 Å². The van der Waals surface area contributed by atoms with Crippen LogP contribution in [-0.2, 0) is 4.79 Å². The predicted molar refractivity (Wildman–Crippen MR) is 133 cm³/mol. The number of aliphatic hydroxyl groups is 1. The lowest BCUT2D eigenvalue weighted by Gasteiger charge is -2.72. The van der Waals surface area contributed by atoms with Gasteiger partial charge in [0.2, 0.25) is 0 Å². The zero-order valence-corrected chi connectivity index (χ0v) is 22.3. The van der Waals surface area contributed by atoms with Gasteiger partial charge in [0.15, 0.2) is 0 Å². The SMILES string of the molecule is CC1(C)CC[C@@]2(C)C(=CC[C@]3(C)[C@@H]2CC[C@@H]2[C@@]4(C)CC[C@@H](O)[C@](C)(C(=O)O)[C@@H]4CC[C@]23C)C1. The molecule has 0 radical (unpaired) electrons. The molecule has 4 saturated carbocycles. The maximum atomic E-state index is 12.5. The number of fused-ring (bicyclic) bond motifs is 7. The summed E-state index contributed by atoms with van der Waals surface area (Å²) < 4.78 is 0. The summed E-state index contributed by atoms with van der Waals surface area (Å²) in [5.74, 6) is 0.527. The first-order chi connectivity index (χ1) is 15.2. The van der Waals surface area contributed by atoms with Gasteiger partial charge in [0, 0.05) is 0 Å². The number of carboxylic acids is 1. The van der Waals surface area contributed by atoms with Crippen LogP contribution in [0.15, 0.2) is 11.6 Å². The van der Waals surface area contributed by atoms with Gasteiger partial charge in [0.25, 0.3) is 0 Å². The molecule has 0 saturated heterocycles. The van der Waals surface area contributed by atoms with Crippen LogP contribution in [0.1, 0.15) is 113 Å². The van der Waals surface area contributed by atoms with E-state index in [1.165, 1.54) is 38.5 Å². The highest BCUT2D eigenvalue weighted by atomic mass is 16.4. The van der Waals surface area contributed by atoms with E-state index in [0.717, 1.165) is 25.2 Å². The van der Waals surface area contributed by atoms with Gasteiger partial charge in [-0.2, -0.15) is 0 Å². The topological polar surface area (TPSA) is 57.5 Å². The van der Waals surface area contributed by atoms with Crippen LogP contribution in [0.2, 0.25) is 0 Å². The molecule has 0 aliphatic heterocycles. The first-order valence-corrected chi connectivity index (χ1v) is 13.8. The number of carboxylic acid groups (broad SMARTS) is 1. The average molecular weight is 457 g/mol. The van der Waals surface area contributed by atoms with E-state index in [1.54, 1.807) is 5.57 Å². The summed E-state index contributed by atoms with van der Waals surface area (Å²) in [5, 5.41) is 21.1. The van der Waals surface area contributed by atoms with Crippen LogP contribution in [0, 0.1) is 50.2 Å². The molecular weight excluding hydrogens is 408 g/mol. The van der Waals surface area contributed by atoms with Crippen LogP contribution in [0.5, 0.6) is 0 Å². The molecule has 2 N–H and O–H groups in total. The Labute approximate surface area is 201 Å². The fourth-order valence-electron chi connectivity index (χ4n) is 10.9. The second-order valence-corrected chi connectivity index (χ2v) is 14.9. The van der Waals surface area contributed by atoms with Gasteiger partial charge < -0.3 is 10.2 Å². The second kappa shape index (κ2) is 6.89. The Morgan fingerprint density at radius 1 is 0.818 bits per heavy atom. The fourth-order valence-corrected chi connectivity index (χ4v) is 10.9. The number of hydrogen-bond acceptors (Lipinski definition) is 2. The molecule has 5 aliphatic rings. The molecule has 4 fully saturated rings. The molecule has 186 valence electrons. The van der Waals surface area contributed by atoms with Crippen molar-refractivity contribution >= 4 is 5.97 Å². The van der Waals surface area contributed by atoms with Crippen molar-refractivity contribution in [1.82, 2.24) is 0 Å². The molecule has 0 spiro atoms. The van der Waals surface area contributed by atoms with Crippen molar-refractivity contribution in [3.63, 3.8) is 0 Å². The molecule has 0 aromatic rings. The van der Waals surface area contributed by atoms with E-state index >= 15 is 0 Å². The molecule has 0 aromatic heterocycles. The first-order valence-electron chi connectivity index (χ1n) is 13.8. The van der Waals surface area contributed by atoms with Crippen molar-refractivity contribution in [2.45, 2.75) is 119 Å². The van der Waals surface area contributed by atoms with Crippen molar-refractivity contribution in [1.29, 1.82) is 0 Å². The van der Waals surface area contributed by atoms with Crippen molar-refractivity contribution in [3.8, 4) is 0 Å². The minimum Gasteiger partial charge on any atom is -0.481 e. The first kappa shape index (κ1) is 23.9. The zero-order valence-electron chi connectivity index (χ0n) is 22.3. The highest BCUT2D eigenvalue weighted by Gasteiger charge is 2.70. The molecule has 0 bridgehead atoms. The Balaban J connectivity index is 1.56. The number of rotatable bonds is 1. The third-order valence-electron chi connectivity index (χ3n) is 13.2. The number of aliphatic hydroxyl groups excluding tert-OH is 1. The molecule has 9 atom stereocenters. The fraction of sp³-hybridized carbons (Fsp3) is 0.900. The molecule has 0 aromatic carbocycles. The number of carbonyl (C=O) groups is 1. The lowest BCUT2D eigenvalue weighted by Crippen LogP contribution is -2.67. The summed E-state index contributed by atoms with van der Waals surface area (Å²) in [7, 11) is 0. The normalized spacial score (nSPS) is 55.3. The third kappa shape index (κ3) is 2.81.